The molecule has 0 aliphatic rings. The maximum Gasteiger partial charge on any atom is 0.128 e. The lowest BCUT2D eigenvalue weighted by molar-refractivity contribution is 0.132. The average molecular weight is 211 g/mol. The van der Waals surface area contributed by atoms with E-state index in [9.17, 15) is 10.2 Å². The summed E-state index contributed by atoms with van der Waals surface area (Å²) in [5.74, 6) is 0.959. The first-order valence-corrected chi connectivity index (χ1v) is 4.88. The summed E-state index contributed by atoms with van der Waals surface area (Å²) >= 11 is 0. The summed E-state index contributed by atoms with van der Waals surface area (Å²) in [6, 6.07) is 5.18. The molecule has 1 rings (SSSR count). The van der Waals surface area contributed by atoms with Crippen LogP contribution in [-0.2, 0) is 0 Å². The van der Waals surface area contributed by atoms with Crippen LogP contribution < -0.4 is 11.1 Å². The number of nitrogens with one attached hydrogen (secondary N) is 1. The van der Waals surface area contributed by atoms with E-state index in [4.69, 9.17) is 5.73 Å². The largest absolute Gasteiger partial charge is 0.394 e. The number of hydrogen-bond acceptors (Lipinski definition) is 5. The van der Waals surface area contributed by atoms with E-state index in [-0.39, 0.29) is 13.2 Å². The summed E-state index contributed by atoms with van der Waals surface area (Å²) in [6.07, 6.45) is 0.594. The van der Waals surface area contributed by atoms with E-state index in [2.05, 4.69) is 10.3 Å². The summed E-state index contributed by atoms with van der Waals surface area (Å²) < 4.78 is 0. The highest BCUT2D eigenvalue weighted by Gasteiger charge is 2.26. The monoisotopic (exact) mass is 211 g/mol. The molecule has 0 atom stereocenters. The summed E-state index contributed by atoms with van der Waals surface area (Å²) in [6.45, 7) is 1.57. The first-order valence-electron chi connectivity index (χ1n) is 4.88. The lowest BCUT2D eigenvalue weighted by atomic mass is 9.98. The molecule has 0 aliphatic carbocycles. The Kier molecular flexibility index (Phi) is 3.88. The first-order chi connectivity index (χ1) is 7.15. The van der Waals surface area contributed by atoms with Crippen molar-refractivity contribution in [2.24, 2.45) is 0 Å². The van der Waals surface area contributed by atoms with Crippen molar-refractivity contribution in [1.82, 2.24) is 4.98 Å². The van der Waals surface area contributed by atoms with Gasteiger partial charge in [0.25, 0.3) is 0 Å². The topological polar surface area (TPSA) is 91.4 Å². The molecule has 5 N–H and O–H groups in total. The molecule has 0 saturated heterocycles. The van der Waals surface area contributed by atoms with Gasteiger partial charge in [-0.1, -0.05) is 13.0 Å². The maximum absolute atomic E-state index is 9.23. The van der Waals surface area contributed by atoms with Crippen molar-refractivity contribution in [2.45, 2.75) is 18.9 Å². The van der Waals surface area contributed by atoms with Crippen molar-refractivity contribution in [3.05, 3.63) is 18.2 Å². The van der Waals surface area contributed by atoms with Gasteiger partial charge < -0.3 is 21.3 Å². The van der Waals surface area contributed by atoms with Gasteiger partial charge in [-0.2, -0.15) is 0 Å². The Bertz CT molecular complexity index is 305. The molecule has 0 aromatic carbocycles. The SMILES string of the molecule is CCC(CO)(CO)Nc1cccc(N)n1. The van der Waals surface area contributed by atoms with Crippen LogP contribution in [0.1, 0.15) is 13.3 Å². The summed E-state index contributed by atoms with van der Waals surface area (Å²) in [5, 5.41) is 21.4. The van der Waals surface area contributed by atoms with Crippen LogP contribution >= 0.6 is 0 Å². The summed E-state index contributed by atoms with van der Waals surface area (Å²) in [5.41, 5.74) is 4.79. The number of hydrogen-bond donors (Lipinski definition) is 4. The zero-order valence-corrected chi connectivity index (χ0v) is 8.77. The zero-order chi connectivity index (χ0) is 11.3. The van der Waals surface area contributed by atoms with E-state index in [0.717, 1.165) is 0 Å². The van der Waals surface area contributed by atoms with E-state index in [1.54, 1.807) is 18.2 Å². The molecule has 0 unspecified atom stereocenters. The number of aromatic nitrogens is 1. The molecule has 0 radical (unpaired) electrons. The highest BCUT2D eigenvalue weighted by atomic mass is 16.3. The Labute approximate surface area is 89.0 Å². The van der Waals surface area contributed by atoms with Gasteiger partial charge in [0.1, 0.15) is 11.6 Å². The molecular formula is C10H17N3O2. The number of aliphatic hydroxyl groups excluding tert-OH is 2. The third-order valence-corrected chi connectivity index (χ3v) is 2.45. The summed E-state index contributed by atoms with van der Waals surface area (Å²) in [4.78, 5) is 4.05. The second-order valence-electron chi connectivity index (χ2n) is 3.52. The number of nitrogen functional groups attached to an aromatic ring is 1. The van der Waals surface area contributed by atoms with Crippen LogP contribution in [0.15, 0.2) is 18.2 Å². The van der Waals surface area contributed by atoms with Gasteiger partial charge in [0.15, 0.2) is 0 Å². The van der Waals surface area contributed by atoms with E-state index in [0.29, 0.717) is 18.1 Å². The van der Waals surface area contributed by atoms with Gasteiger partial charge in [0, 0.05) is 0 Å². The van der Waals surface area contributed by atoms with Gasteiger partial charge in [0.2, 0.25) is 0 Å². The van der Waals surface area contributed by atoms with Crippen LogP contribution in [0.25, 0.3) is 0 Å². The van der Waals surface area contributed by atoms with Gasteiger partial charge in [-0.3, -0.25) is 0 Å². The predicted octanol–water partition coefficient (Wildman–Crippen LogP) is 0.209. The van der Waals surface area contributed by atoms with Gasteiger partial charge in [-0.15, -0.1) is 0 Å². The number of anilines is 2. The number of rotatable bonds is 5. The van der Waals surface area contributed by atoms with Gasteiger partial charge in [-0.25, -0.2) is 4.98 Å². The van der Waals surface area contributed by atoms with Gasteiger partial charge in [-0.05, 0) is 18.6 Å². The Morgan fingerprint density at radius 3 is 2.53 bits per heavy atom. The zero-order valence-electron chi connectivity index (χ0n) is 8.77. The standard InChI is InChI=1S/C10H17N3O2/c1-2-10(6-14,7-15)13-9-5-3-4-8(11)12-9/h3-5,14-15H,2,6-7H2,1H3,(H3,11,12,13). The van der Waals surface area contributed by atoms with Gasteiger partial charge in [0.05, 0.1) is 18.8 Å². The second kappa shape index (κ2) is 4.95. The third kappa shape index (κ3) is 2.81. The number of nitrogens with zero attached hydrogens (tertiary/aromatic N) is 1. The summed E-state index contributed by atoms with van der Waals surface area (Å²) in [7, 11) is 0. The maximum atomic E-state index is 9.23. The fourth-order valence-electron chi connectivity index (χ4n) is 1.23. The minimum absolute atomic E-state index is 0.156. The molecule has 5 nitrogen and oxygen atoms in total. The van der Waals surface area contributed by atoms with E-state index in [1.165, 1.54) is 0 Å². The van der Waals surface area contributed by atoms with E-state index >= 15 is 0 Å². The van der Waals surface area contributed by atoms with Crippen molar-refractivity contribution in [3.63, 3.8) is 0 Å². The van der Waals surface area contributed by atoms with Crippen molar-refractivity contribution < 1.29 is 10.2 Å². The minimum Gasteiger partial charge on any atom is -0.394 e. The molecule has 15 heavy (non-hydrogen) atoms. The van der Waals surface area contributed by atoms with Crippen molar-refractivity contribution >= 4 is 11.6 Å². The molecule has 0 aliphatic heterocycles. The minimum atomic E-state index is -0.735. The van der Waals surface area contributed by atoms with Crippen LogP contribution in [0.5, 0.6) is 0 Å². The Morgan fingerprint density at radius 1 is 1.40 bits per heavy atom. The van der Waals surface area contributed by atoms with E-state index in [1.807, 2.05) is 6.92 Å². The second-order valence-corrected chi connectivity index (χ2v) is 3.52. The molecule has 1 aromatic heterocycles. The molecule has 84 valence electrons. The van der Waals surface area contributed by atoms with Gasteiger partial charge >= 0.3 is 0 Å². The highest BCUT2D eigenvalue weighted by Crippen LogP contribution is 2.17. The van der Waals surface area contributed by atoms with Crippen LogP contribution in [0, 0.1) is 0 Å². The fourth-order valence-corrected chi connectivity index (χ4v) is 1.23. The molecule has 0 fully saturated rings. The average Bonchev–Trinajstić information content (AvgIpc) is 2.26. The molecule has 5 heteroatoms. The number of nitrogens with two attached hydrogens (primary N) is 1. The molecule has 1 heterocycles. The van der Waals surface area contributed by atoms with Crippen molar-refractivity contribution in [1.29, 1.82) is 0 Å². The lowest BCUT2D eigenvalue weighted by Crippen LogP contribution is -2.45. The quantitative estimate of drug-likeness (QED) is 0.559. The van der Waals surface area contributed by atoms with Crippen molar-refractivity contribution in [2.75, 3.05) is 24.3 Å². The predicted molar refractivity (Wildman–Crippen MR) is 59.5 cm³/mol. The Hall–Kier alpha value is -1.33. The van der Waals surface area contributed by atoms with Crippen LogP contribution in [0.3, 0.4) is 0 Å². The van der Waals surface area contributed by atoms with E-state index < -0.39 is 5.54 Å². The molecule has 0 saturated carbocycles. The molecule has 1 aromatic rings. The first kappa shape index (κ1) is 11.7. The number of aliphatic hydroxyl groups is 2. The molecular weight excluding hydrogens is 194 g/mol. The lowest BCUT2D eigenvalue weighted by Gasteiger charge is -2.30. The Balaban J connectivity index is 2.82. The molecule has 0 amide bonds. The molecule has 0 spiro atoms. The third-order valence-electron chi connectivity index (χ3n) is 2.45. The van der Waals surface area contributed by atoms with Crippen LogP contribution in [0.4, 0.5) is 11.6 Å². The number of pyridine rings is 1. The normalized spacial score (nSPS) is 11.4. The fraction of sp³-hybridized carbons (Fsp3) is 0.500. The van der Waals surface area contributed by atoms with Crippen LogP contribution in [-0.4, -0.2) is 33.9 Å². The smallest absolute Gasteiger partial charge is 0.128 e. The Morgan fingerprint density at radius 2 is 2.07 bits per heavy atom. The highest BCUT2D eigenvalue weighted by molar-refractivity contribution is 5.44. The van der Waals surface area contributed by atoms with Crippen molar-refractivity contribution in [3.8, 4) is 0 Å². The van der Waals surface area contributed by atoms with Crippen LogP contribution in [0.2, 0.25) is 0 Å². The molecule has 0 bridgehead atoms.